The van der Waals surface area contributed by atoms with Crippen LogP contribution >= 0.6 is 0 Å². The van der Waals surface area contributed by atoms with Crippen LogP contribution in [0.2, 0.25) is 0 Å². The molecule has 1 aromatic carbocycles. The first-order valence-electron chi connectivity index (χ1n) is 12.2. The van der Waals surface area contributed by atoms with E-state index < -0.39 is 10.1 Å². The molecule has 0 heterocycles. The minimum Gasteiger partial charge on any atom is -0.263 e. The molecule has 0 saturated heterocycles. The van der Waals surface area contributed by atoms with Crippen molar-refractivity contribution in [1.82, 2.24) is 0 Å². The van der Waals surface area contributed by atoms with Gasteiger partial charge in [0.15, 0.2) is 0 Å². The predicted molar refractivity (Wildman–Crippen MR) is 120 cm³/mol. The zero-order valence-corrected chi connectivity index (χ0v) is 19.7. The number of aryl methyl sites for hydroxylation is 1. The van der Waals surface area contributed by atoms with Crippen molar-refractivity contribution in [1.29, 1.82) is 0 Å². The highest BCUT2D eigenvalue weighted by molar-refractivity contribution is 7.86. The predicted octanol–water partition coefficient (Wildman–Crippen LogP) is 6.50. The first kappa shape index (κ1) is 21.0. The normalized spacial score (nSPS) is 43.5. The molecule has 0 amide bonds. The fourth-order valence-electron chi connectivity index (χ4n) is 8.24. The fourth-order valence-corrected chi connectivity index (χ4v) is 9.35. The molecule has 1 aromatic rings. The standard InChI is InChI=1S/C26H38O3S/c1-18-6-9-21(10-7-18)30(27,28)29-20-12-16-26(3)19(17-20)8-11-22-23-5-4-14-25(23,2)15-13-24(22)26/h6-7,9-10,19-20,22-24H,4-5,8,11-17H2,1-3H3/t19-,20-,22+,23+,24+,25-,26-/m0/s1. The van der Waals surface area contributed by atoms with Gasteiger partial charge in [-0.15, -0.1) is 0 Å². The largest absolute Gasteiger partial charge is 0.297 e. The molecule has 0 aliphatic heterocycles. The summed E-state index contributed by atoms with van der Waals surface area (Å²) in [5.41, 5.74) is 2.04. The lowest BCUT2D eigenvalue weighted by atomic mass is 9.45. The van der Waals surface area contributed by atoms with E-state index in [1.54, 1.807) is 12.1 Å². The van der Waals surface area contributed by atoms with E-state index in [2.05, 4.69) is 13.8 Å². The Labute approximate surface area is 183 Å². The highest BCUT2D eigenvalue weighted by atomic mass is 32.2. The van der Waals surface area contributed by atoms with Crippen molar-refractivity contribution in [2.45, 2.75) is 96.0 Å². The summed E-state index contributed by atoms with van der Waals surface area (Å²) in [4.78, 5) is 0.290. The molecule has 0 N–H and O–H groups in total. The average molecular weight is 431 g/mol. The Balaban J connectivity index is 1.30. The van der Waals surface area contributed by atoms with Crippen LogP contribution in [0.25, 0.3) is 0 Å². The third kappa shape index (κ3) is 3.37. The van der Waals surface area contributed by atoms with Crippen molar-refractivity contribution >= 4 is 10.1 Å². The van der Waals surface area contributed by atoms with Crippen LogP contribution in [-0.4, -0.2) is 14.5 Å². The maximum atomic E-state index is 12.8. The third-order valence-corrected chi connectivity index (χ3v) is 11.3. The van der Waals surface area contributed by atoms with Gasteiger partial charge in [-0.3, -0.25) is 4.18 Å². The lowest BCUT2D eigenvalue weighted by Crippen LogP contribution is -2.53. The SMILES string of the molecule is Cc1ccc(S(=O)(=O)O[C@H]2CC[C@@]3(C)[C@@H](CC[C@@H]4[C@H]5CCC[C@@]5(C)CC[C@H]43)C2)cc1. The molecule has 4 aliphatic rings. The van der Waals surface area contributed by atoms with E-state index in [1.165, 1.54) is 44.9 Å². The lowest BCUT2D eigenvalue weighted by molar-refractivity contribution is -0.117. The first-order valence-corrected chi connectivity index (χ1v) is 13.6. The molecule has 0 bridgehead atoms. The first-order chi connectivity index (χ1) is 14.2. The summed E-state index contributed by atoms with van der Waals surface area (Å²) in [6, 6.07) is 7.03. The van der Waals surface area contributed by atoms with Crippen LogP contribution in [0, 0.1) is 41.4 Å². The van der Waals surface area contributed by atoms with Crippen molar-refractivity contribution in [3.8, 4) is 0 Å². The van der Waals surface area contributed by atoms with E-state index in [1.807, 2.05) is 19.1 Å². The summed E-state index contributed by atoms with van der Waals surface area (Å²) in [7, 11) is -3.68. The molecule has 7 atom stereocenters. The van der Waals surface area contributed by atoms with E-state index in [9.17, 15) is 8.42 Å². The van der Waals surface area contributed by atoms with Crippen molar-refractivity contribution in [2.24, 2.45) is 34.5 Å². The lowest BCUT2D eigenvalue weighted by Gasteiger charge is -2.60. The van der Waals surface area contributed by atoms with Gasteiger partial charge in [0.1, 0.15) is 0 Å². The van der Waals surface area contributed by atoms with E-state index in [-0.39, 0.29) is 11.0 Å². The van der Waals surface area contributed by atoms with Gasteiger partial charge in [-0.05, 0) is 111 Å². The molecule has 0 aromatic heterocycles. The minimum atomic E-state index is -3.68. The van der Waals surface area contributed by atoms with Crippen LogP contribution in [0.3, 0.4) is 0 Å². The van der Waals surface area contributed by atoms with Crippen LogP contribution in [0.5, 0.6) is 0 Å². The van der Waals surface area contributed by atoms with Gasteiger partial charge in [0, 0.05) is 0 Å². The molecular weight excluding hydrogens is 392 g/mol. The van der Waals surface area contributed by atoms with Crippen molar-refractivity contribution in [2.75, 3.05) is 0 Å². The Morgan fingerprint density at radius 3 is 2.43 bits per heavy atom. The molecule has 5 rings (SSSR count). The Bertz CT molecular complexity index is 891. The summed E-state index contributed by atoms with van der Waals surface area (Å²) in [5.74, 6) is 3.28. The minimum absolute atomic E-state index is 0.161. The van der Waals surface area contributed by atoms with Gasteiger partial charge in [0.25, 0.3) is 10.1 Å². The molecule has 0 radical (unpaired) electrons. The zero-order chi connectivity index (χ0) is 21.1. The Kier molecular flexibility index (Phi) is 5.13. The summed E-state index contributed by atoms with van der Waals surface area (Å²) < 4.78 is 31.4. The van der Waals surface area contributed by atoms with Gasteiger partial charge in [0.2, 0.25) is 0 Å². The molecule has 0 unspecified atom stereocenters. The Hall–Kier alpha value is -0.870. The van der Waals surface area contributed by atoms with Gasteiger partial charge < -0.3 is 0 Å². The third-order valence-electron chi connectivity index (χ3n) is 9.97. The highest BCUT2D eigenvalue weighted by Crippen LogP contribution is 2.66. The molecule has 3 nitrogen and oxygen atoms in total. The molecule has 4 saturated carbocycles. The van der Waals surface area contributed by atoms with Gasteiger partial charge in [-0.25, -0.2) is 0 Å². The van der Waals surface area contributed by atoms with E-state index in [4.69, 9.17) is 4.18 Å². The average Bonchev–Trinajstić information content (AvgIpc) is 3.10. The number of rotatable bonds is 3. The molecular formula is C26H38O3S. The Morgan fingerprint density at radius 2 is 1.67 bits per heavy atom. The van der Waals surface area contributed by atoms with Crippen LogP contribution in [0.4, 0.5) is 0 Å². The molecule has 166 valence electrons. The number of hydrogen-bond donors (Lipinski definition) is 0. The number of benzene rings is 1. The quantitative estimate of drug-likeness (QED) is 0.514. The second-order valence-corrected chi connectivity index (χ2v) is 13.1. The van der Waals surface area contributed by atoms with Crippen LogP contribution < -0.4 is 0 Å². The van der Waals surface area contributed by atoms with Crippen LogP contribution in [0.15, 0.2) is 29.2 Å². The molecule has 4 heteroatoms. The van der Waals surface area contributed by atoms with Gasteiger partial charge in [-0.2, -0.15) is 8.42 Å². The topological polar surface area (TPSA) is 43.4 Å². The summed E-state index contributed by atoms with van der Waals surface area (Å²) in [5, 5.41) is 0. The molecule has 4 aliphatic carbocycles. The fraction of sp³-hybridized carbons (Fsp3) is 0.769. The maximum absolute atomic E-state index is 12.8. The van der Waals surface area contributed by atoms with Gasteiger partial charge >= 0.3 is 0 Å². The monoisotopic (exact) mass is 430 g/mol. The number of hydrogen-bond acceptors (Lipinski definition) is 3. The van der Waals surface area contributed by atoms with Gasteiger partial charge in [-0.1, -0.05) is 38.0 Å². The van der Waals surface area contributed by atoms with E-state index in [0.717, 1.165) is 42.6 Å². The summed E-state index contributed by atoms with van der Waals surface area (Å²) >= 11 is 0. The Morgan fingerprint density at radius 1 is 0.900 bits per heavy atom. The van der Waals surface area contributed by atoms with Gasteiger partial charge in [0.05, 0.1) is 11.0 Å². The summed E-state index contributed by atoms with van der Waals surface area (Å²) in [6.45, 7) is 7.07. The van der Waals surface area contributed by atoms with E-state index >= 15 is 0 Å². The van der Waals surface area contributed by atoms with Crippen LogP contribution in [-0.2, 0) is 14.3 Å². The number of fused-ring (bicyclic) bond motifs is 5. The molecule has 30 heavy (non-hydrogen) atoms. The van der Waals surface area contributed by atoms with Crippen LogP contribution in [0.1, 0.15) is 83.6 Å². The molecule has 4 fully saturated rings. The van der Waals surface area contributed by atoms with Crippen molar-refractivity contribution < 1.29 is 12.6 Å². The second kappa shape index (κ2) is 7.33. The summed E-state index contributed by atoms with van der Waals surface area (Å²) in [6.07, 6.45) is 12.5. The molecule has 0 spiro atoms. The second-order valence-electron chi connectivity index (χ2n) is 11.5. The zero-order valence-electron chi connectivity index (χ0n) is 18.9. The van der Waals surface area contributed by atoms with Crippen molar-refractivity contribution in [3.05, 3.63) is 29.8 Å². The van der Waals surface area contributed by atoms with E-state index in [0.29, 0.717) is 16.7 Å². The van der Waals surface area contributed by atoms with Crippen molar-refractivity contribution in [3.63, 3.8) is 0 Å². The maximum Gasteiger partial charge on any atom is 0.297 e. The smallest absolute Gasteiger partial charge is 0.263 e. The highest BCUT2D eigenvalue weighted by Gasteiger charge is 2.58.